The van der Waals surface area contributed by atoms with Crippen LogP contribution in [-0.4, -0.2) is 54.8 Å². The maximum atomic E-state index is 10.4. The fraction of sp³-hybridized carbons (Fsp3) is 1.00. The van der Waals surface area contributed by atoms with Crippen LogP contribution in [0.5, 0.6) is 0 Å². The molecule has 0 aliphatic carbocycles. The average molecular weight is 394 g/mol. The van der Waals surface area contributed by atoms with Crippen molar-refractivity contribution in [2.24, 2.45) is 0 Å². The Bertz CT molecular complexity index is 194. The van der Waals surface area contributed by atoms with E-state index in [1.165, 1.54) is 0 Å². The molecule has 0 bridgehead atoms. The Morgan fingerprint density at radius 1 is 0.739 bits per heavy atom. The van der Waals surface area contributed by atoms with Gasteiger partial charge in [0.15, 0.2) is 0 Å². The van der Waals surface area contributed by atoms with Gasteiger partial charge in [0.2, 0.25) is 0 Å². The summed E-state index contributed by atoms with van der Waals surface area (Å²) in [7, 11) is -3.50. The summed E-state index contributed by atoms with van der Waals surface area (Å²) >= 11 is 0. The van der Waals surface area contributed by atoms with E-state index in [0.717, 1.165) is 19.3 Å². The van der Waals surface area contributed by atoms with Crippen LogP contribution in [0, 0.1) is 0 Å². The van der Waals surface area contributed by atoms with E-state index >= 15 is 0 Å². The number of aliphatic hydroxyl groups excluding tert-OH is 1. The minimum absolute atomic E-state index is 0. The molecule has 3 atom stereocenters. The molecule has 9 heteroatoms. The Hall–Kier alpha value is 0.651. The second-order valence-corrected chi connectivity index (χ2v) is 6.61. The van der Waals surface area contributed by atoms with Crippen LogP contribution < -0.4 is 0 Å². The molecule has 144 valence electrons. The Morgan fingerprint density at radius 3 is 1.04 bits per heavy atom. The van der Waals surface area contributed by atoms with Crippen molar-refractivity contribution in [1.82, 2.24) is 0 Å². The van der Waals surface area contributed by atoms with Crippen LogP contribution in [0.2, 0.25) is 0 Å². The molecule has 0 aromatic heterocycles. The predicted octanol–water partition coefficient (Wildman–Crippen LogP) is 1.21. The average Bonchev–Trinajstić information content (AvgIpc) is 2.38. The van der Waals surface area contributed by atoms with Gasteiger partial charge in [0.25, 0.3) is 0 Å². The van der Waals surface area contributed by atoms with Crippen molar-refractivity contribution in [3.05, 3.63) is 0 Å². The molecular formula is C14H38O7SiTi. The van der Waals surface area contributed by atoms with Gasteiger partial charge in [0, 0.05) is 46.6 Å². The van der Waals surface area contributed by atoms with E-state index in [9.17, 15) is 4.80 Å². The first-order valence-electron chi connectivity index (χ1n) is 7.64. The van der Waals surface area contributed by atoms with E-state index in [1.807, 2.05) is 41.5 Å². The Kier molecular flexibility index (Phi) is 31.4. The molecule has 0 rings (SSSR count). The van der Waals surface area contributed by atoms with Gasteiger partial charge in [-0.2, -0.15) is 0 Å². The van der Waals surface area contributed by atoms with Crippen LogP contribution in [0.15, 0.2) is 0 Å². The Balaban J connectivity index is -0.000000166. The van der Waals surface area contributed by atoms with Gasteiger partial charge >= 0.3 is 9.05 Å². The SMILES string of the molecule is CCC(C)O[Si](O)(OC(C)CC)OC(C)CC.CCO.O.O.[Ti]. The maximum absolute atomic E-state index is 10.4. The first-order valence-corrected chi connectivity index (χ1v) is 9.32. The van der Waals surface area contributed by atoms with Crippen molar-refractivity contribution in [3.8, 4) is 0 Å². The number of hydrogen-bond acceptors (Lipinski definition) is 5. The first-order chi connectivity index (χ1) is 9.28. The molecule has 0 radical (unpaired) electrons. The third-order valence-electron chi connectivity index (χ3n) is 2.78. The van der Waals surface area contributed by atoms with Crippen LogP contribution in [0.3, 0.4) is 0 Å². The minimum atomic E-state index is -3.50. The smallest absolute Gasteiger partial charge is 0.412 e. The summed E-state index contributed by atoms with van der Waals surface area (Å²) in [6.45, 7) is 13.7. The zero-order chi connectivity index (χ0) is 16.2. The first kappa shape index (κ1) is 34.9. The molecule has 0 amide bonds. The predicted molar refractivity (Wildman–Crippen MR) is 90.5 cm³/mol. The van der Waals surface area contributed by atoms with Gasteiger partial charge in [-0.15, -0.1) is 0 Å². The van der Waals surface area contributed by atoms with E-state index in [2.05, 4.69) is 0 Å². The van der Waals surface area contributed by atoms with Gasteiger partial charge in [-0.05, 0) is 47.0 Å². The summed E-state index contributed by atoms with van der Waals surface area (Å²) in [5, 5.41) is 7.57. The molecule has 3 unspecified atom stereocenters. The van der Waals surface area contributed by atoms with Gasteiger partial charge < -0.3 is 34.1 Å². The van der Waals surface area contributed by atoms with Gasteiger partial charge in [0.05, 0.1) is 0 Å². The molecule has 0 saturated heterocycles. The summed E-state index contributed by atoms with van der Waals surface area (Å²) in [5.41, 5.74) is 0. The molecule has 0 aliphatic rings. The van der Waals surface area contributed by atoms with E-state index in [1.54, 1.807) is 6.92 Å². The molecule has 0 heterocycles. The fourth-order valence-electron chi connectivity index (χ4n) is 1.10. The van der Waals surface area contributed by atoms with Gasteiger partial charge in [-0.3, -0.25) is 0 Å². The number of rotatable bonds is 9. The molecule has 0 aromatic rings. The Morgan fingerprint density at radius 2 is 0.913 bits per heavy atom. The van der Waals surface area contributed by atoms with Crippen molar-refractivity contribution in [2.45, 2.75) is 86.0 Å². The molecule has 0 fully saturated rings. The molecule has 0 aromatic carbocycles. The zero-order valence-corrected chi connectivity index (χ0v) is 18.2. The van der Waals surface area contributed by atoms with Crippen LogP contribution in [-0.2, 0) is 35.0 Å². The van der Waals surface area contributed by atoms with Crippen LogP contribution in [0.1, 0.15) is 67.7 Å². The summed E-state index contributed by atoms with van der Waals surface area (Å²) in [6.07, 6.45) is 2.30. The van der Waals surface area contributed by atoms with E-state index in [-0.39, 0.29) is 57.6 Å². The summed E-state index contributed by atoms with van der Waals surface area (Å²) in [4.78, 5) is 10.4. The summed E-state index contributed by atoms with van der Waals surface area (Å²) in [6, 6.07) is 0. The normalized spacial score (nSPS) is 16.0. The van der Waals surface area contributed by atoms with Crippen LogP contribution in [0.4, 0.5) is 0 Å². The molecule has 0 spiro atoms. The third kappa shape index (κ3) is 20.6. The fourth-order valence-corrected chi connectivity index (χ4v) is 3.29. The Labute approximate surface area is 157 Å². The summed E-state index contributed by atoms with van der Waals surface area (Å²) in [5.74, 6) is 0. The van der Waals surface area contributed by atoms with E-state index in [0.29, 0.717) is 0 Å². The molecule has 0 saturated carbocycles. The van der Waals surface area contributed by atoms with Crippen LogP contribution >= 0.6 is 0 Å². The number of hydrogen-bond donors (Lipinski definition) is 2. The maximum Gasteiger partial charge on any atom is 0.677 e. The quantitative estimate of drug-likeness (QED) is 0.568. The largest absolute Gasteiger partial charge is 0.677 e. The molecule has 23 heavy (non-hydrogen) atoms. The second-order valence-electron chi connectivity index (χ2n) is 4.85. The minimum Gasteiger partial charge on any atom is -0.412 e. The van der Waals surface area contributed by atoms with Gasteiger partial charge in [0.1, 0.15) is 0 Å². The van der Waals surface area contributed by atoms with Crippen molar-refractivity contribution in [2.75, 3.05) is 6.61 Å². The summed E-state index contributed by atoms with van der Waals surface area (Å²) < 4.78 is 16.7. The van der Waals surface area contributed by atoms with Crippen molar-refractivity contribution in [3.63, 3.8) is 0 Å². The van der Waals surface area contributed by atoms with Crippen molar-refractivity contribution in [1.29, 1.82) is 0 Å². The molecular weight excluding hydrogens is 356 g/mol. The second kappa shape index (κ2) is 20.7. The van der Waals surface area contributed by atoms with Crippen molar-refractivity contribution < 1.29 is 55.9 Å². The third-order valence-corrected chi connectivity index (χ3v) is 4.88. The molecule has 0 aliphatic heterocycles. The molecule has 6 N–H and O–H groups in total. The van der Waals surface area contributed by atoms with E-state index < -0.39 is 9.05 Å². The van der Waals surface area contributed by atoms with Crippen LogP contribution in [0.25, 0.3) is 0 Å². The van der Waals surface area contributed by atoms with Gasteiger partial charge in [-0.25, -0.2) is 0 Å². The standard InChI is InChI=1S/C12H28O4Si.C2H6O.2H2O.Ti/c1-7-10(4)14-17(13,15-11(5)8-2)16-12(6)9-3;1-2-3;;;/h10-13H,7-9H2,1-6H3;3H,2H2,1H3;2*1H2;. The zero-order valence-electron chi connectivity index (χ0n) is 15.7. The van der Waals surface area contributed by atoms with Crippen molar-refractivity contribution >= 4 is 9.05 Å². The van der Waals surface area contributed by atoms with E-state index in [4.69, 9.17) is 18.4 Å². The molecule has 7 nitrogen and oxygen atoms in total. The monoisotopic (exact) mass is 394 g/mol. The number of aliphatic hydroxyl groups is 1. The topological polar surface area (TPSA) is 131 Å². The van der Waals surface area contributed by atoms with Gasteiger partial charge in [-0.1, -0.05) is 20.8 Å².